The Morgan fingerprint density at radius 3 is 1.75 bits per heavy atom. The minimum Gasteiger partial charge on any atom is -0.244 e. The number of halogens is 1. The fraction of sp³-hybridized carbons (Fsp3) is 1.00. The largest absolute Gasteiger partial charge is 0.244 e. The predicted octanol–water partition coefficient (Wildman–Crippen LogP) is 4.05. The van der Waals surface area contributed by atoms with Gasteiger partial charge in [0.25, 0.3) is 0 Å². The maximum absolute atomic E-state index is 13.4. The van der Waals surface area contributed by atoms with Gasteiger partial charge in [0.05, 0.1) is 0 Å². The van der Waals surface area contributed by atoms with Crippen molar-refractivity contribution in [2.75, 3.05) is 0 Å². The molecule has 0 bridgehead atoms. The standard InChI is InChI=1S/C11H23F/c1-8(2)9(3)7-10(4)11(5,6)12/h8-10H,7H2,1-6H3. The van der Waals surface area contributed by atoms with E-state index in [0.29, 0.717) is 11.8 Å². The second-order valence-corrected chi connectivity index (χ2v) is 4.92. The zero-order chi connectivity index (χ0) is 9.94. The summed E-state index contributed by atoms with van der Waals surface area (Å²) in [5, 5.41) is 0. The summed E-state index contributed by atoms with van der Waals surface area (Å²) in [6, 6.07) is 0. The van der Waals surface area contributed by atoms with Crippen LogP contribution in [0.2, 0.25) is 0 Å². The van der Waals surface area contributed by atoms with E-state index in [-0.39, 0.29) is 5.92 Å². The van der Waals surface area contributed by atoms with Crippen molar-refractivity contribution in [1.82, 2.24) is 0 Å². The third-order valence-electron chi connectivity index (χ3n) is 3.04. The molecule has 0 nitrogen and oxygen atoms in total. The van der Waals surface area contributed by atoms with Gasteiger partial charge in [0.2, 0.25) is 0 Å². The third-order valence-corrected chi connectivity index (χ3v) is 3.04. The SMILES string of the molecule is CC(C)C(C)CC(C)C(C)(C)F. The molecule has 0 aromatic rings. The Morgan fingerprint density at radius 1 is 1.08 bits per heavy atom. The summed E-state index contributed by atoms with van der Waals surface area (Å²) in [6.07, 6.45) is 0.987. The molecule has 0 aromatic heterocycles. The summed E-state index contributed by atoms with van der Waals surface area (Å²) in [5.41, 5.74) is -1.02. The molecule has 0 aliphatic heterocycles. The maximum atomic E-state index is 13.4. The molecule has 0 aromatic carbocycles. The van der Waals surface area contributed by atoms with E-state index in [2.05, 4.69) is 20.8 Å². The second kappa shape index (κ2) is 4.25. The molecule has 2 atom stereocenters. The molecule has 0 spiro atoms. The smallest absolute Gasteiger partial charge is 0.108 e. The van der Waals surface area contributed by atoms with Gasteiger partial charge in [-0.15, -0.1) is 0 Å². The van der Waals surface area contributed by atoms with Gasteiger partial charge >= 0.3 is 0 Å². The normalized spacial score (nSPS) is 18.0. The predicted molar refractivity (Wildman–Crippen MR) is 53.0 cm³/mol. The van der Waals surface area contributed by atoms with Gasteiger partial charge < -0.3 is 0 Å². The molecule has 0 aliphatic rings. The van der Waals surface area contributed by atoms with Gasteiger partial charge in [-0.1, -0.05) is 27.7 Å². The van der Waals surface area contributed by atoms with Crippen molar-refractivity contribution in [1.29, 1.82) is 0 Å². The third kappa shape index (κ3) is 4.08. The molecule has 0 fully saturated rings. The van der Waals surface area contributed by atoms with Gasteiger partial charge in [-0.05, 0) is 38.0 Å². The monoisotopic (exact) mass is 174 g/mol. The van der Waals surface area contributed by atoms with Crippen molar-refractivity contribution < 1.29 is 4.39 Å². The Bertz CT molecular complexity index is 121. The first-order chi connectivity index (χ1) is 5.25. The molecular formula is C11H23F. The summed E-state index contributed by atoms with van der Waals surface area (Å²) < 4.78 is 13.4. The van der Waals surface area contributed by atoms with Gasteiger partial charge in [-0.3, -0.25) is 0 Å². The highest BCUT2D eigenvalue weighted by atomic mass is 19.1. The van der Waals surface area contributed by atoms with E-state index < -0.39 is 5.67 Å². The average molecular weight is 174 g/mol. The van der Waals surface area contributed by atoms with Crippen LogP contribution in [0.4, 0.5) is 4.39 Å². The van der Waals surface area contributed by atoms with E-state index in [4.69, 9.17) is 0 Å². The quantitative estimate of drug-likeness (QED) is 0.603. The molecule has 0 rings (SSSR count). The van der Waals surface area contributed by atoms with E-state index in [1.165, 1.54) is 0 Å². The Kier molecular flexibility index (Phi) is 4.22. The van der Waals surface area contributed by atoms with E-state index in [0.717, 1.165) is 6.42 Å². The lowest BCUT2D eigenvalue weighted by Gasteiger charge is -2.27. The van der Waals surface area contributed by atoms with Crippen LogP contribution < -0.4 is 0 Å². The van der Waals surface area contributed by atoms with Crippen molar-refractivity contribution >= 4 is 0 Å². The van der Waals surface area contributed by atoms with Gasteiger partial charge in [-0.2, -0.15) is 0 Å². The van der Waals surface area contributed by atoms with E-state index >= 15 is 0 Å². The molecule has 12 heavy (non-hydrogen) atoms. The highest BCUT2D eigenvalue weighted by Crippen LogP contribution is 2.29. The summed E-state index contributed by atoms with van der Waals surface area (Å²) in [7, 11) is 0. The number of alkyl halides is 1. The Hall–Kier alpha value is -0.0700. The zero-order valence-electron chi connectivity index (χ0n) is 9.32. The maximum Gasteiger partial charge on any atom is 0.108 e. The van der Waals surface area contributed by atoms with Crippen molar-refractivity contribution in [2.45, 2.75) is 53.6 Å². The molecule has 2 unspecified atom stereocenters. The van der Waals surface area contributed by atoms with Crippen molar-refractivity contribution in [3.63, 3.8) is 0 Å². The van der Waals surface area contributed by atoms with Crippen LogP contribution in [0.25, 0.3) is 0 Å². The number of rotatable bonds is 4. The van der Waals surface area contributed by atoms with Crippen LogP contribution >= 0.6 is 0 Å². The van der Waals surface area contributed by atoms with Gasteiger partial charge in [-0.25, -0.2) is 4.39 Å². The van der Waals surface area contributed by atoms with Gasteiger partial charge in [0, 0.05) is 0 Å². The molecule has 0 saturated heterocycles. The van der Waals surface area contributed by atoms with Crippen LogP contribution in [0, 0.1) is 17.8 Å². The molecule has 1 heteroatoms. The molecule has 0 radical (unpaired) electrons. The lowest BCUT2D eigenvalue weighted by molar-refractivity contribution is 0.111. The Labute approximate surface area is 76.6 Å². The van der Waals surface area contributed by atoms with Crippen molar-refractivity contribution in [3.05, 3.63) is 0 Å². The van der Waals surface area contributed by atoms with Gasteiger partial charge in [0.1, 0.15) is 5.67 Å². The minimum atomic E-state index is -1.02. The summed E-state index contributed by atoms with van der Waals surface area (Å²) in [4.78, 5) is 0. The summed E-state index contributed by atoms with van der Waals surface area (Å²) >= 11 is 0. The molecule has 0 saturated carbocycles. The lowest BCUT2D eigenvalue weighted by atomic mass is 9.82. The molecule has 0 heterocycles. The van der Waals surface area contributed by atoms with Crippen LogP contribution in [0.5, 0.6) is 0 Å². The summed E-state index contributed by atoms with van der Waals surface area (Å²) in [5.74, 6) is 1.44. The van der Waals surface area contributed by atoms with E-state index in [1.54, 1.807) is 13.8 Å². The molecular weight excluding hydrogens is 151 g/mol. The molecule has 0 amide bonds. The van der Waals surface area contributed by atoms with Crippen LogP contribution in [-0.2, 0) is 0 Å². The second-order valence-electron chi connectivity index (χ2n) is 4.92. The first-order valence-electron chi connectivity index (χ1n) is 4.94. The first kappa shape index (κ1) is 11.9. The fourth-order valence-electron chi connectivity index (χ4n) is 1.11. The average Bonchev–Trinajstić information content (AvgIpc) is 1.85. The Morgan fingerprint density at radius 2 is 1.50 bits per heavy atom. The van der Waals surface area contributed by atoms with Crippen LogP contribution in [-0.4, -0.2) is 5.67 Å². The highest BCUT2D eigenvalue weighted by molar-refractivity contribution is 4.76. The zero-order valence-corrected chi connectivity index (χ0v) is 9.32. The van der Waals surface area contributed by atoms with Crippen LogP contribution in [0.1, 0.15) is 48.0 Å². The van der Waals surface area contributed by atoms with Crippen LogP contribution in [0.15, 0.2) is 0 Å². The lowest BCUT2D eigenvalue weighted by Crippen LogP contribution is -2.26. The number of hydrogen-bond donors (Lipinski definition) is 0. The topological polar surface area (TPSA) is 0 Å². The molecule has 74 valence electrons. The minimum absolute atomic E-state index is 0.162. The Balaban J connectivity index is 3.93. The van der Waals surface area contributed by atoms with Crippen LogP contribution in [0.3, 0.4) is 0 Å². The first-order valence-corrected chi connectivity index (χ1v) is 4.94. The van der Waals surface area contributed by atoms with Crippen molar-refractivity contribution in [2.24, 2.45) is 17.8 Å². The van der Waals surface area contributed by atoms with E-state index in [1.807, 2.05) is 6.92 Å². The molecule has 0 aliphatic carbocycles. The highest BCUT2D eigenvalue weighted by Gasteiger charge is 2.26. The summed E-state index contributed by atoms with van der Waals surface area (Å²) in [6.45, 7) is 11.9. The fourth-order valence-corrected chi connectivity index (χ4v) is 1.11. The van der Waals surface area contributed by atoms with Gasteiger partial charge in [0.15, 0.2) is 0 Å². The van der Waals surface area contributed by atoms with Crippen molar-refractivity contribution in [3.8, 4) is 0 Å². The van der Waals surface area contributed by atoms with E-state index in [9.17, 15) is 4.39 Å². The number of hydrogen-bond acceptors (Lipinski definition) is 0. The molecule has 0 N–H and O–H groups in total.